The van der Waals surface area contributed by atoms with Crippen LogP contribution in [0, 0.1) is 11.8 Å². The molecule has 1 N–H and O–H groups in total. The summed E-state index contributed by atoms with van der Waals surface area (Å²) >= 11 is 0. The molecule has 1 aliphatic rings. The van der Waals surface area contributed by atoms with Gasteiger partial charge >= 0.3 is 5.97 Å². The van der Waals surface area contributed by atoms with Crippen molar-refractivity contribution in [2.45, 2.75) is 39.0 Å². The van der Waals surface area contributed by atoms with Crippen LogP contribution in [0.25, 0.3) is 0 Å². The molecule has 0 amide bonds. The Morgan fingerprint density at radius 1 is 1.43 bits per heavy atom. The highest BCUT2D eigenvalue weighted by atomic mass is 16.5. The van der Waals surface area contributed by atoms with Gasteiger partial charge in [0.1, 0.15) is 0 Å². The highest BCUT2D eigenvalue weighted by molar-refractivity contribution is 5.73. The van der Waals surface area contributed by atoms with Gasteiger partial charge in [0.25, 0.3) is 0 Å². The Balaban J connectivity index is 2.01. The predicted molar refractivity (Wildman–Crippen MR) is 81.0 cm³/mol. The number of hydrogen-bond donors (Lipinski definition) is 1. The van der Waals surface area contributed by atoms with Gasteiger partial charge in [-0.25, -0.2) is 0 Å². The molecule has 0 spiro atoms. The first-order chi connectivity index (χ1) is 10.1. The molecule has 1 aromatic rings. The smallest absolute Gasteiger partial charge is 0.306 e. The molecule has 116 valence electrons. The van der Waals surface area contributed by atoms with Crippen molar-refractivity contribution in [2.24, 2.45) is 11.8 Å². The number of hydrogen-bond acceptors (Lipinski definition) is 3. The van der Waals surface area contributed by atoms with Crippen LogP contribution in [-0.4, -0.2) is 24.8 Å². The molecule has 0 heterocycles. The van der Waals surface area contributed by atoms with E-state index >= 15 is 0 Å². The largest absolute Gasteiger partial charge is 0.493 e. The molecule has 0 aromatic heterocycles. The summed E-state index contributed by atoms with van der Waals surface area (Å²) < 4.78 is 11.0. The van der Waals surface area contributed by atoms with Crippen molar-refractivity contribution < 1.29 is 19.4 Å². The molecular formula is C17H24O4. The minimum absolute atomic E-state index is 0.137. The summed E-state index contributed by atoms with van der Waals surface area (Å²) in [5, 5.41) is 8.97. The summed E-state index contributed by atoms with van der Waals surface area (Å²) in [6, 6.07) is 6.01. The topological polar surface area (TPSA) is 55.8 Å². The maximum Gasteiger partial charge on any atom is 0.306 e. The minimum atomic E-state index is -0.659. The van der Waals surface area contributed by atoms with E-state index in [4.69, 9.17) is 14.6 Å². The summed E-state index contributed by atoms with van der Waals surface area (Å²) in [7, 11) is 1.64. The standard InChI is InChI=1S/C17H24O4/c1-4-7-21-15-6-5-12(10-16(15)20-3)11(2)8-13-9-14(13)17(18)19/h5-6,10-11,13-14H,4,7-9H2,1-3H3,(H,18,19). The third-order valence-electron chi connectivity index (χ3n) is 4.11. The molecule has 3 unspecified atom stereocenters. The number of rotatable bonds is 8. The second-order valence-corrected chi connectivity index (χ2v) is 5.84. The van der Waals surface area contributed by atoms with Gasteiger partial charge in [0, 0.05) is 0 Å². The van der Waals surface area contributed by atoms with Gasteiger partial charge in [-0.15, -0.1) is 0 Å². The quantitative estimate of drug-likeness (QED) is 0.793. The second kappa shape index (κ2) is 6.83. The first-order valence-corrected chi connectivity index (χ1v) is 7.60. The van der Waals surface area contributed by atoms with Crippen LogP contribution in [-0.2, 0) is 4.79 Å². The summed E-state index contributed by atoms with van der Waals surface area (Å²) in [5.41, 5.74) is 1.17. The zero-order valence-corrected chi connectivity index (χ0v) is 13.0. The van der Waals surface area contributed by atoms with Crippen molar-refractivity contribution in [1.29, 1.82) is 0 Å². The molecule has 1 saturated carbocycles. The molecule has 1 aliphatic carbocycles. The van der Waals surface area contributed by atoms with Crippen LogP contribution >= 0.6 is 0 Å². The van der Waals surface area contributed by atoms with Crippen molar-refractivity contribution in [2.75, 3.05) is 13.7 Å². The van der Waals surface area contributed by atoms with Crippen molar-refractivity contribution >= 4 is 5.97 Å². The first-order valence-electron chi connectivity index (χ1n) is 7.60. The Kier molecular flexibility index (Phi) is 5.10. The van der Waals surface area contributed by atoms with Crippen molar-refractivity contribution in [3.8, 4) is 11.5 Å². The monoisotopic (exact) mass is 292 g/mol. The zero-order valence-electron chi connectivity index (χ0n) is 13.0. The van der Waals surface area contributed by atoms with Crippen molar-refractivity contribution in [3.05, 3.63) is 23.8 Å². The fourth-order valence-corrected chi connectivity index (χ4v) is 2.72. The molecule has 2 rings (SSSR count). The lowest BCUT2D eigenvalue weighted by molar-refractivity contribution is -0.138. The Labute approximate surface area is 126 Å². The molecule has 21 heavy (non-hydrogen) atoms. The van der Waals surface area contributed by atoms with E-state index in [9.17, 15) is 4.79 Å². The number of aliphatic carboxylic acids is 1. The number of methoxy groups -OCH3 is 1. The van der Waals surface area contributed by atoms with Gasteiger partial charge in [-0.3, -0.25) is 4.79 Å². The predicted octanol–water partition coefficient (Wildman–Crippen LogP) is 3.70. The van der Waals surface area contributed by atoms with E-state index in [-0.39, 0.29) is 5.92 Å². The molecule has 4 heteroatoms. The lowest BCUT2D eigenvalue weighted by Gasteiger charge is -2.15. The zero-order chi connectivity index (χ0) is 15.4. The van der Waals surface area contributed by atoms with Crippen LogP contribution in [0.5, 0.6) is 11.5 Å². The lowest BCUT2D eigenvalue weighted by Crippen LogP contribution is -2.03. The maximum atomic E-state index is 10.9. The molecule has 0 bridgehead atoms. The summed E-state index contributed by atoms with van der Waals surface area (Å²) in [5.74, 6) is 1.37. The average molecular weight is 292 g/mol. The fraction of sp³-hybridized carbons (Fsp3) is 0.588. The van der Waals surface area contributed by atoms with Gasteiger partial charge in [-0.05, 0) is 48.8 Å². The average Bonchev–Trinajstić information content (AvgIpc) is 3.24. The summed E-state index contributed by atoms with van der Waals surface area (Å²) in [6.07, 6.45) is 2.68. The number of benzene rings is 1. The van der Waals surface area contributed by atoms with Crippen LogP contribution in [0.3, 0.4) is 0 Å². The van der Waals surface area contributed by atoms with E-state index in [0.717, 1.165) is 30.8 Å². The molecule has 3 atom stereocenters. The number of carboxylic acids is 1. The number of ether oxygens (including phenoxy) is 2. The Morgan fingerprint density at radius 2 is 2.19 bits per heavy atom. The van der Waals surface area contributed by atoms with Crippen LogP contribution in [0.2, 0.25) is 0 Å². The van der Waals surface area contributed by atoms with Crippen molar-refractivity contribution in [1.82, 2.24) is 0 Å². The Morgan fingerprint density at radius 3 is 2.76 bits per heavy atom. The second-order valence-electron chi connectivity index (χ2n) is 5.84. The van der Waals surface area contributed by atoms with Gasteiger partial charge in [-0.1, -0.05) is 19.9 Å². The van der Waals surface area contributed by atoms with E-state index < -0.39 is 5.97 Å². The van der Waals surface area contributed by atoms with Crippen LogP contribution in [0.15, 0.2) is 18.2 Å². The van der Waals surface area contributed by atoms with Crippen LogP contribution in [0.4, 0.5) is 0 Å². The maximum absolute atomic E-state index is 10.9. The van der Waals surface area contributed by atoms with Gasteiger partial charge < -0.3 is 14.6 Å². The van der Waals surface area contributed by atoms with E-state index in [1.165, 1.54) is 5.56 Å². The fourth-order valence-electron chi connectivity index (χ4n) is 2.72. The van der Waals surface area contributed by atoms with E-state index in [2.05, 4.69) is 19.9 Å². The molecule has 0 saturated heterocycles. The van der Waals surface area contributed by atoms with Crippen LogP contribution in [0.1, 0.15) is 44.6 Å². The number of carbonyl (C=O) groups is 1. The normalized spacial score (nSPS) is 21.7. The van der Waals surface area contributed by atoms with E-state index in [1.54, 1.807) is 7.11 Å². The molecule has 1 fully saturated rings. The van der Waals surface area contributed by atoms with Gasteiger partial charge in [0.15, 0.2) is 11.5 Å². The molecule has 0 aliphatic heterocycles. The molecule has 1 aromatic carbocycles. The number of carboxylic acid groups (broad SMARTS) is 1. The highest BCUT2D eigenvalue weighted by Crippen LogP contribution is 2.45. The third kappa shape index (κ3) is 3.90. The van der Waals surface area contributed by atoms with Crippen LogP contribution < -0.4 is 9.47 Å². The van der Waals surface area contributed by atoms with Gasteiger partial charge in [0.2, 0.25) is 0 Å². The third-order valence-corrected chi connectivity index (χ3v) is 4.11. The molecule has 4 nitrogen and oxygen atoms in total. The molecular weight excluding hydrogens is 268 g/mol. The first kappa shape index (κ1) is 15.7. The SMILES string of the molecule is CCCOc1ccc(C(C)CC2CC2C(=O)O)cc1OC. The van der Waals surface area contributed by atoms with Gasteiger partial charge in [-0.2, -0.15) is 0 Å². The van der Waals surface area contributed by atoms with E-state index in [0.29, 0.717) is 18.4 Å². The lowest BCUT2D eigenvalue weighted by atomic mass is 9.94. The van der Waals surface area contributed by atoms with Gasteiger partial charge in [0.05, 0.1) is 19.6 Å². The molecule has 0 radical (unpaired) electrons. The summed E-state index contributed by atoms with van der Waals surface area (Å²) in [6.45, 7) is 4.88. The minimum Gasteiger partial charge on any atom is -0.493 e. The van der Waals surface area contributed by atoms with Crippen molar-refractivity contribution in [3.63, 3.8) is 0 Å². The Hall–Kier alpha value is -1.71. The highest BCUT2D eigenvalue weighted by Gasteiger charge is 2.43. The van der Waals surface area contributed by atoms with E-state index in [1.807, 2.05) is 12.1 Å². The summed E-state index contributed by atoms with van der Waals surface area (Å²) in [4.78, 5) is 10.9. The Bertz CT molecular complexity index is 498.